The van der Waals surface area contributed by atoms with Gasteiger partial charge in [-0.05, 0) is 36.2 Å². The SMILES string of the molecule is C[C@@]1(NC(=O)c2ccc3ccccc3c2)CCS(=O)(=O)C1. The van der Waals surface area contributed by atoms with E-state index in [-0.39, 0.29) is 17.4 Å². The molecule has 0 unspecified atom stereocenters. The zero-order valence-corrected chi connectivity index (χ0v) is 12.6. The van der Waals surface area contributed by atoms with Crippen LogP contribution in [0.2, 0.25) is 0 Å². The Bertz CT molecular complexity index is 813. The van der Waals surface area contributed by atoms with E-state index in [4.69, 9.17) is 0 Å². The summed E-state index contributed by atoms with van der Waals surface area (Å²) in [6.07, 6.45) is 0.467. The van der Waals surface area contributed by atoms with Gasteiger partial charge in [-0.3, -0.25) is 4.79 Å². The molecule has 1 atom stereocenters. The van der Waals surface area contributed by atoms with Crippen molar-refractivity contribution in [2.45, 2.75) is 18.9 Å². The van der Waals surface area contributed by atoms with Crippen molar-refractivity contribution in [2.75, 3.05) is 11.5 Å². The van der Waals surface area contributed by atoms with Gasteiger partial charge in [0.15, 0.2) is 9.84 Å². The minimum Gasteiger partial charge on any atom is -0.346 e. The minimum absolute atomic E-state index is 0.0132. The first-order valence-corrected chi connectivity index (χ1v) is 8.71. The maximum absolute atomic E-state index is 12.4. The van der Waals surface area contributed by atoms with E-state index >= 15 is 0 Å². The van der Waals surface area contributed by atoms with Crippen molar-refractivity contribution in [3.05, 3.63) is 48.0 Å². The molecule has 0 saturated carbocycles. The average molecular weight is 303 g/mol. The molecule has 0 radical (unpaired) electrons. The highest BCUT2D eigenvalue weighted by Crippen LogP contribution is 2.24. The summed E-state index contributed by atoms with van der Waals surface area (Å²) in [5, 5.41) is 4.94. The third-order valence-corrected chi connectivity index (χ3v) is 5.83. The van der Waals surface area contributed by atoms with Crippen LogP contribution in [0.5, 0.6) is 0 Å². The van der Waals surface area contributed by atoms with Gasteiger partial charge < -0.3 is 5.32 Å². The third kappa shape index (κ3) is 2.93. The average Bonchev–Trinajstić information content (AvgIpc) is 2.71. The lowest BCUT2D eigenvalue weighted by Gasteiger charge is -2.24. The number of carbonyl (C=O) groups is 1. The Morgan fingerprint density at radius 2 is 1.86 bits per heavy atom. The van der Waals surface area contributed by atoms with Gasteiger partial charge in [0.05, 0.1) is 17.0 Å². The quantitative estimate of drug-likeness (QED) is 0.924. The Morgan fingerprint density at radius 1 is 1.14 bits per heavy atom. The number of fused-ring (bicyclic) bond motifs is 1. The summed E-state index contributed by atoms with van der Waals surface area (Å²) >= 11 is 0. The number of hydrogen-bond donors (Lipinski definition) is 1. The number of hydrogen-bond acceptors (Lipinski definition) is 3. The molecular formula is C16H17NO3S. The molecular weight excluding hydrogens is 286 g/mol. The Balaban J connectivity index is 1.84. The van der Waals surface area contributed by atoms with E-state index in [1.807, 2.05) is 36.4 Å². The molecule has 1 aliphatic heterocycles. The molecule has 4 nitrogen and oxygen atoms in total. The summed E-state index contributed by atoms with van der Waals surface area (Å²) in [6, 6.07) is 13.3. The Hall–Kier alpha value is -1.88. The summed E-state index contributed by atoms with van der Waals surface area (Å²) in [6.45, 7) is 1.79. The third-order valence-electron chi connectivity index (χ3n) is 3.93. The fourth-order valence-corrected chi connectivity index (χ4v) is 4.88. The van der Waals surface area contributed by atoms with Gasteiger partial charge >= 0.3 is 0 Å². The molecule has 2 aromatic carbocycles. The van der Waals surface area contributed by atoms with Gasteiger partial charge in [-0.25, -0.2) is 8.42 Å². The molecule has 2 aromatic rings. The van der Waals surface area contributed by atoms with Crippen molar-refractivity contribution in [3.8, 4) is 0 Å². The van der Waals surface area contributed by atoms with Crippen molar-refractivity contribution >= 4 is 26.5 Å². The largest absolute Gasteiger partial charge is 0.346 e. The van der Waals surface area contributed by atoms with E-state index in [0.29, 0.717) is 12.0 Å². The van der Waals surface area contributed by atoms with E-state index in [1.54, 1.807) is 13.0 Å². The predicted molar refractivity (Wildman–Crippen MR) is 83.1 cm³/mol. The summed E-state index contributed by atoms with van der Waals surface area (Å²) in [5.74, 6) is -0.0683. The van der Waals surface area contributed by atoms with Gasteiger partial charge in [0.2, 0.25) is 0 Å². The Kier molecular flexibility index (Phi) is 3.24. The molecule has 1 aliphatic rings. The van der Waals surface area contributed by atoms with Crippen LogP contribution in [-0.4, -0.2) is 31.4 Å². The van der Waals surface area contributed by atoms with Crippen LogP contribution in [0.3, 0.4) is 0 Å². The van der Waals surface area contributed by atoms with Crippen molar-refractivity contribution in [1.82, 2.24) is 5.32 Å². The van der Waals surface area contributed by atoms with Crippen LogP contribution in [0.25, 0.3) is 10.8 Å². The first-order chi connectivity index (χ1) is 9.87. The van der Waals surface area contributed by atoms with E-state index in [9.17, 15) is 13.2 Å². The molecule has 1 heterocycles. The molecule has 1 fully saturated rings. The molecule has 0 spiro atoms. The maximum atomic E-state index is 12.4. The number of sulfone groups is 1. The number of amides is 1. The zero-order valence-electron chi connectivity index (χ0n) is 11.8. The lowest BCUT2D eigenvalue weighted by atomic mass is 10.0. The predicted octanol–water partition coefficient (Wildman–Crippen LogP) is 2.15. The molecule has 0 aromatic heterocycles. The van der Waals surface area contributed by atoms with Gasteiger partial charge in [0.25, 0.3) is 5.91 Å². The fraction of sp³-hybridized carbons (Fsp3) is 0.312. The van der Waals surface area contributed by atoms with Gasteiger partial charge in [-0.15, -0.1) is 0 Å². The van der Waals surface area contributed by atoms with E-state index in [0.717, 1.165) is 10.8 Å². The standard InChI is InChI=1S/C16H17NO3S/c1-16(8-9-21(19,20)11-16)17-15(18)14-7-6-12-4-2-3-5-13(12)10-14/h2-7,10H,8-9,11H2,1H3,(H,17,18)/t16-/m1/s1. The Morgan fingerprint density at radius 3 is 2.52 bits per heavy atom. The van der Waals surface area contributed by atoms with Crippen LogP contribution in [0, 0.1) is 0 Å². The lowest BCUT2D eigenvalue weighted by Crippen LogP contribution is -2.46. The van der Waals surface area contributed by atoms with E-state index in [2.05, 4.69) is 5.32 Å². The summed E-state index contributed by atoms with van der Waals surface area (Å²) in [7, 11) is -3.03. The number of nitrogens with one attached hydrogen (secondary N) is 1. The van der Waals surface area contributed by atoms with Crippen LogP contribution in [0.4, 0.5) is 0 Å². The zero-order chi connectivity index (χ0) is 15.1. The first kappa shape index (κ1) is 14.1. The number of benzene rings is 2. The first-order valence-electron chi connectivity index (χ1n) is 6.89. The second kappa shape index (κ2) is 4.84. The highest BCUT2D eigenvalue weighted by Gasteiger charge is 2.39. The lowest BCUT2D eigenvalue weighted by molar-refractivity contribution is 0.0915. The molecule has 0 aliphatic carbocycles. The fourth-order valence-electron chi connectivity index (χ4n) is 2.79. The van der Waals surface area contributed by atoms with Crippen molar-refractivity contribution in [3.63, 3.8) is 0 Å². The van der Waals surface area contributed by atoms with Gasteiger partial charge in [-0.2, -0.15) is 0 Å². The second-order valence-electron chi connectivity index (χ2n) is 5.92. The van der Waals surface area contributed by atoms with Crippen molar-refractivity contribution in [2.24, 2.45) is 0 Å². The van der Waals surface area contributed by atoms with Gasteiger partial charge in [-0.1, -0.05) is 30.3 Å². The molecule has 1 saturated heterocycles. The molecule has 5 heteroatoms. The molecule has 0 bridgehead atoms. The van der Waals surface area contributed by atoms with Crippen molar-refractivity contribution < 1.29 is 13.2 Å². The molecule has 3 rings (SSSR count). The number of carbonyl (C=O) groups excluding carboxylic acids is 1. The van der Waals surface area contributed by atoms with Crippen molar-refractivity contribution in [1.29, 1.82) is 0 Å². The van der Waals surface area contributed by atoms with Gasteiger partial charge in [0, 0.05) is 5.56 Å². The highest BCUT2D eigenvalue weighted by atomic mass is 32.2. The topological polar surface area (TPSA) is 63.2 Å². The van der Waals surface area contributed by atoms with Crippen LogP contribution in [0.1, 0.15) is 23.7 Å². The second-order valence-corrected chi connectivity index (χ2v) is 8.10. The summed E-state index contributed by atoms with van der Waals surface area (Å²) < 4.78 is 23.2. The van der Waals surface area contributed by atoms with Crippen LogP contribution in [-0.2, 0) is 9.84 Å². The minimum atomic E-state index is -3.03. The molecule has 110 valence electrons. The van der Waals surface area contributed by atoms with Crippen LogP contribution < -0.4 is 5.32 Å². The monoisotopic (exact) mass is 303 g/mol. The smallest absolute Gasteiger partial charge is 0.251 e. The van der Waals surface area contributed by atoms with Gasteiger partial charge in [0.1, 0.15) is 0 Å². The molecule has 1 amide bonds. The summed E-state index contributed by atoms with van der Waals surface area (Å²) in [4.78, 5) is 12.4. The highest BCUT2D eigenvalue weighted by molar-refractivity contribution is 7.91. The van der Waals surface area contributed by atoms with E-state index < -0.39 is 15.4 Å². The Labute approximate surface area is 124 Å². The van der Waals surface area contributed by atoms with Crippen LogP contribution in [0.15, 0.2) is 42.5 Å². The molecule has 1 N–H and O–H groups in total. The van der Waals surface area contributed by atoms with E-state index in [1.165, 1.54) is 0 Å². The summed E-state index contributed by atoms with van der Waals surface area (Å²) in [5.41, 5.74) is -0.110. The maximum Gasteiger partial charge on any atom is 0.251 e. The normalized spacial score (nSPS) is 24.0. The molecule has 21 heavy (non-hydrogen) atoms. The van der Waals surface area contributed by atoms with Crippen LogP contribution >= 0.6 is 0 Å². The number of rotatable bonds is 2.